The predicted octanol–water partition coefficient (Wildman–Crippen LogP) is 20.1. The molecule has 2 atom stereocenters. The quantitative estimate of drug-likeness (QED) is 0.0320. The van der Waals surface area contributed by atoms with E-state index in [1.807, 2.05) is 6.08 Å². The van der Waals surface area contributed by atoms with Gasteiger partial charge in [-0.15, -0.1) is 0 Å². The van der Waals surface area contributed by atoms with E-state index >= 15 is 0 Å². The second-order valence-corrected chi connectivity index (χ2v) is 21.7. The molecule has 2 unspecified atom stereocenters. The molecular weight excluding hydrogens is 887 g/mol. The fraction of sp³-hybridized carbons (Fsp3) is 0.848. The second kappa shape index (κ2) is 61.4. The molecule has 0 bridgehead atoms. The first-order valence-corrected chi connectivity index (χ1v) is 31.9. The molecule has 422 valence electrons. The minimum atomic E-state index is -0.842. The third-order valence-corrected chi connectivity index (χ3v) is 14.6. The van der Waals surface area contributed by atoms with Crippen molar-refractivity contribution in [1.82, 2.24) is 5.32 Å². The van der Waals surface area contributed by atoms with Gasteiger partial charge in [-0.1, -0.05) is 281 Å². The molecule has 0 aromatic rings. The minimum Gasteiger partial charge on any atom is -0.466 e. The molecule has 0 saturated heterocycles. The summed E-state index contributed by atoms with van der Waals surface area (Å²) in [6.07, 6.45) is 78.9. The lowest BCUT2D eigenvalue weighted by Crippen LogP contribution is -2.45. The van der Waals surface area contributed by atoms with E-state index in [1.165, 1.54) is 257 Å². The molecule has 0 aliphatic rings. The highest BCUT2D eigenvalue weighted by Gasteiger charge is 2.18. The first-order valence-electron chi connectivity index (χ1n) is 31.9. The Kier molecular flexibility index (Phi) is 59.5. The van der Waals surface area contributed by atoms with Crippen molar-refractivity contribution in [2.24, 2.45) is 0 Å². The predicted molar refractivity (Wildman–Crippen MR) is 315 cm³/mol. The van der Waals surface area contributed by atoms with Crippen molar-refractivity contribution in [3.8, 4) is 0 Å². The van der Waals surface area contributed by atoms with Gasteiger partial charge in [0.2, 0.25) is 5.91 Å². The van der Waals surface area contributed by atoms with E-state index in [2.05, 4.69) is 55.6 Å². The smallest absolute Gasteiger partial charge is 0.305 e. The highest BCUT2D eigenvalue weighted by molar-refractivity contribution is 5.76. The van der Waals surface area contributed by atoms with E-state index in [-0.39, 0.29) is 18.5 Å². The average molecular weight is 1010 g/mol. The van der Waals surface area contributed by atoms with Crippen LogP contribution in [0.4, 0.5) is 0 Å². The molecule has 0 saturated carbocycles. The number of ether oxygens (including phenoxy) is 1. The Morgan fingerprint density at radius 1 is 0.389 bits per heavy atom. The lowest BCUT2D eigenvalue weighted by atomic mass is 10.0. The van der Waals surface area contributed by atoms with Crippen molar-refractivity contribution in [1.29, 1.82) is 0 Å². The zero-order valence-corrected chi connectivity index (χ0v) is 48.2. The lowest BCUT2D eigenvalue weighted by molar-refractivity contribution is -0.143. The van der Waals surface area contributed by atoms with Gasteiger partial charge in [-0.2, -0.15) is 0 Å². The van der Waals surface area contributed by atoms with Crippen LogP contribution in [0.15, 0.2) is 48.6 Å². The van der Waals surface area contributed by atoms with Gasteiger partial charge in [-0.25, -0.2) is 0 Å². The molecule has 0 heterocycles. The Morgan fingerprint density at radius 2 is 0.694 bits per heavy atom. The van der Waals surface area contributed by atoms with Crippen LogP contribution in [0, 0.1) is 0 Å². The SMILES string of the molecule is CCCCCCCC/C=C\CCCCCCCC(=O)OCCCCCCCCCCC/C=C\C/C=C\CCCCCCCCCCCCCCCCCC(=O)NC(CO)C(O)/C=C/CCCCCCCCC. The summed E-state index contributed by atoms with van der Waals surface area (Å²) in [5, 5.41) is 22.9. The molecule has 0 aliphatic carbocycles. The second-order valence-electron chi connectivity index (χ2n) is 21.7. The highest BCUT2D eigenvalue weighted by Crippen LogP contribution is 2.17. The van der Waals surface area contributed by atoms with Crippen LogP contribution in [0.2, 0.25) is 0 Å². The van der Waals surface area contributed by atoms with Gasteiger partial charge in [0.1, 0.15) is 0 Å². The number of aliphatic hydroxyl groups excluding tert-OH is 2. The maximum atomic E-state index is 12.4. The van der Waals surface area contributed by atoms with E-state index in [0.717, 1.165) is 51.4 Å². The van der Waals surface area contributed by atoms with Crippen molar-refractivity contribution in [3.05, 3.63) is 48.6 Å². The zero-order valence-electron chi connectivity index (χ0n) is 48.2. The number of unbranched alkanes of at least 4 members (excludes halogenated alkanes) is 42. The van der Waals surface area contributed by atoms with Crippen LogP contribution >= 0.6 is 0 Å². The Labute approximate surface area is 448 Å². The number of nitrogens with one attached hydrogen (secondary N) is 1. The first kappa shape index (κ1) is 69.8. The molecule has 0 radical (unpaired) electrons. The van der Waals surface area contributed by atoms with Gasteiger partial charge in [0.05, 0.1) is 25.4 Å². The van der Waals surface area contributed by atoms with E-state index in [9.17, 15) is 19.8 Å². The maximum Gasteiger partial charge on any atom is 0.305 e. The van der Waals surface area contributed by atoms with Gasteiger partial charge >= 0.3 is 5.97 Å². The number of aliphatic hydroxyl groups is 2. The largest absolute Gasteiger partial charge is 0.466 e. The Morgan fingerprint density at radius 3 is 1.07 bits per heavy atom. The molecule has 0 spiro atoms. The third-order valence-electron chi connectivity index (χ3n) is 14.6. The molecular formula is C66H123NO5. The standard InChI is InChI=1S/C66H123NO5/c1-3-5-7-9-11-13-14-15-33-37-40-44-48-52-56-60-66(71)72-61-57-53-49-45-41-38-35-32-30-28-26-24-22-20-18-16-17-19-21-23-25-27-29-31-34-36-39-43-47-51-55-59-65(70)67-63(62-68)64(69)58-54-50-46-42-12-10-8-6-4-2/h15,18,20,24,26,33,54,58,63-64,68-69H,3-14,16-17,19,21-23,25,27-32,34-53,55-57,59-62H2,1-2H3,(H,67,70)/b20-18-,26-24-,33-15-,58-54+. The van der Waals surface area contributed by atoms with Crippen LogP contribution in [-0.4, -0.2) is 47.4 Å². The molecule has 6 nitrogen and oxygen atoms in total. The topological polar surface area (TPSA) is 95.9 Å². The Bertz CT molecular complexity index is 1210. The van der Waals surface area contributed by atoms with Crippen LogP contribution in [0.25, 0.3) is 0 Å². The molecule has 0 aromatic heterocycles. The molecule has 0 rings (SSSR count). The summed E-state index contributed by atoms with van der Waals surface area (Å²) in [5.74, 6) is -0.0653. The number of carbonyl (C=O) groups excluding carboxylic acids is 2. The Balaban J connectivity index is 3.38. The number of hydrogen-bond donors (Lipinski definition) is 3. The van der Waals surface area contributed by atoms with Crippen molar-refractivity contribution < 1.29 is 24.5 Å². The van der Waals surface area contributed by atoms with Crippen molar-refractivity contribution in [3.63, 3.8) is 0 Å². The average Bonchev–Trinajstić information content (AvgIpc) is 3.38. The van der Waals surface area contributed by atoms with E-state index in [0.29, 0.717) is 19.4 Å². The summed E-state index contributed by atoms with van der Waals surface area (Å²) in [5.41, 5.74) is 0. The minimum absolute atomic E-state index is 0.00459. The molecule has 72 heavy (non-hydrogen) atoms. The van der Waals surface area contributed by atoms with Crippen LogP contribution in [0.1, 0.15) is 335 Å². The van der Waals surface area contributed by atoms with E-state index < -0.39 is 12.1 Å². The summed E-state index contributed by atoms with van der Waals surface area (Å²) in [6, 6.07) is -0.626. The monoisotopic (exact) mass is 1010 g/mol. The molecule has 1 amide bonds. The first-order chi connectivity index (χ1) is 35.5. The normalized spacial score (nSPS) is 12.9. The van der Waals surface area contributed by atoms with E-state index in [4.69, 9.17) is 4.74 Å². The molecule has 0 fully saturated rings. The number of rotatable bonds is 59. The van der Waals surface area contributed by atoms with Gasteiger partial charge in [0.15, 0.2) is 0 Å². The Hall–Kier alpha value is -2.18. The van der Waals surface area contributed by atoms with Crippen LogP contribution in [-0.2, 0) is 14.3 Å². The van der Waals surface area contributed by atoms with Crippen molar-refractivity contribution in [2.75, 3.05) is 13.2 Å². The fourth-order valence-electron chi connectivity index (χ4n) is 9.66. The summed E-state index contributed by atoms with van der Waals surface area (Å²) in [4.78, 5) is 24.4. The molecule has 3 N–H and O–H groups in total. The van der Waals surface area contributed by atoms with Gasteiger partial charge < -0.3 is 20.3 Å². The van der Waals surface area contributed by atoms with E-state index in [1.54, 1.807) is 6.08 Å². The lowest BCUT2D eigenvalue weighted by Gasteiger charge is -2.20. The van der Waals surface area contributed by atoms with Gasteiger partial charge in [0, 0.05) is 12.8 Å². The number of carbonyl (C=O) groups is 2. The summed E-state index contributed by atoms with van der Waals surface area (Å²) in [7, 11) is 0. The van der Waals surface area contributed by atoms with Crippen LogP contribution < -0.4 is 5.32 Å². The van der Waals surface area contributed by atoms with Gasteiger partial charge in [-0.05, 0) is 89.9 Å². The summed E-state index contributed by atoms with van der Waals surface area (Å²) in [6.45, 7) is 4.87. The van der Waals surface area contributed by atoms with Gasteiger partial charge in [-0.3, -0.25) is 9.59 Å². The zero-order chi connectivity index (χ0) is 52.2. The molecule has 0 aromatic carbocycles. The van der Waals surface area contributed by atoms with Crippen molar-refractivity contribution >= 4 is 11.9 Å². The van der Waals surface area contributed by atoms with Crippen molar-refractivity contribution in [2.45, 2.75) is 347 Å². The number of esters is 1. The highest BCUT2D eigenvalue weighted by atomic mass is 16.5. The molecule has 0 aliphatic heterocycles. The number of hydrogen-bond acceptors (Lipinski definition) is 5. The van der Waals surface area contributed by atoms with Crippen LogP contribution in [0.5, 0.6) is 0 Å². The fourth-order valence-corrected chi connectivity index (χ4v) is 9.66. The third kappa shape index (κ3) is 57.1. The summed E-state index contributed by atoms with van der Waals surface area (Å²) < 4.78 is 5.48. The molecule has 6 heteroatoms. The summed E-state index contributed by atoms with van der Waals surface area (Å²) >= 11 is 0. The maximum absolute atomic E-state index is 12.4. The van der Waals surface area contributed by atoms with Gasteiger partial charge in [0.25, 0.3) is 0 Å². The van der Waals surface area contributed by atoms with Crippen LogP contribution in [0.3, 0.4) is 0 Å². The number of amides is 1. The number of allylic oxidation sites excluding steroid dienone is 7.